The summed E-state index contributed by atoms with van der Waals surface area (Å²) in [7, 11) is 2.04. The zero-order valence-electron chi connectivity index (χ0n) is 28.2. The monoisotopic (exact) mass is 588 g/mol. The van der Waals surface area contributed by atoms with Crippen LogP contribution in [0.3, 0.4) is 0 Å². The number of likely N-dealkylation sites (N-methyl/N-ethyl adjacent to an activating group) is 1. The first kappa shape index (κ1) is 34.6. The van der Waals surface area contributed by atoms with E-state index in [1.54, 1.807) is 0 Å². The molecule has 5 nitrogen and oxygen atoms in total. The molecule has 0 N–H and O–H groups in total. The summed E-state index contributed by atoms with van der Waals surface area (Å²) in [4.78, 5) is 18.9. The van der Waals surface area contributed by atoms with Crippen molar-refractivity contribution in [1.82, 2.24) is 4.98 Å². The van der Waals surface area contributed by atoms with Crippen LogP contribution in [0.2, 0.25) is 0 Å². The molecule has 5 heteroatoms. The van der Waals surface area contributed by atoms with Gasteiger partial charge in [0.25, 0.3) is 0 Å². The molecule has 0 unspecified atom stereocenters. The molecule has 236 valence electrons. The molecular weight excluding hydrogens is 532 g/mol. The quantitative estimate of drug-likeness (QED) is 0.145. The summed E-state index contributed by atoms with van der Waals surface area (Å²) in [6, 6.07) is 10.3. The fraction of sp³-hybridized carbons (Fsp3) is 0.632. The van der Waals surface area contributed by atoms with E-state index in [2.05, 4.69) is 63.5 Å². The number of anilines is 1. The summed E-state index contributed by atoms with van der Waals surface area (Å²) in [6.07, 6.45) is 11.9. The number of aryl methyl sites for hydroxylation is 1. The van der Waals surface area contributed by atoms with Gasteiger partial charge in [0, 0.05) is 26.1 Å². The smallest absolute Gasteiger partial charge is 0.308 e. The maximum atomic E-state index is 12.0. The van der Waals surface area contributed by atoms with E-state index in [0.717, 1.165) is 60.2 Å². The van der Waals surface area contributed by atoms with Crippen LogP contribution < -0.4 is 9.64 Å². The van der Waals surface area contributed by atoms with Crippen LogP contribution in [-0.4, -0.2) is 30.1 Å². The number of nitrogens with zero attached hydrogens (tertiary/aromatic N) is 2. The molecule has 3 atom stereocenters. The summed E-state index contributed by atoms with van der Waals surface area (Å²) < 4.78 is 12.2. The number of aromatic nitrogens is 1. The Kier molecular flexibility index (Phi) is 13.6. The summed E-state index contributed by atoms with van der Waals surface area (Å²) in [5, 5.41) is 0. The molecule has 1 aliphatic heterocycles. The van der Waals surface area contributed by atoms with E-state index in [-0.39, 0.29) is 5.97 Å². The molecule has 1 aliphatic rings. The van der Waals surface area contributed by atoms with Crippen LogP contribution in [0.15, 0.2) is 30.3 Å². The number of carbonyl (C=O) groups excluding carboxylic acids is 1. The van der Waals surface area contributed by atoms with Gasteiger partial charge in [0.15, 0.2) is 5.75 Å². The molecule has 0 fully saturated rings. The lowest BCUT2D eigenvalue weighted by Gasteiger charge is -2.25. The van der Waals surface area contributed by atoms with Crippen molar-refractivity contribution in [3.8, 4) is 17.6 Å². The van der Waals surface area contributed by atoms with Crippen molar-refractivity contribution in [2.24, 2.45) is 17.8 Å². The van der Waals surface area contributed by atoms with Gasteiger partial charge in [-0.2, -0.15) is 0 Å². The van der Waals surface area contributed by atoms with Crippen molar-refractivity contribution in [1.29, 1.82) is 0 Å². The SMILES string of the molecule is CC(=O)Oc1c(C)nc2c(c1C#C[C@@](C)(CCC[C@H](C)CCC[C@H](C)CCCC(C)C)OCc1ccccc1)CCN2C. The largest absolute Gasteiger partial charge is 0.423 e. The number of rotatable bonds is 16. The molecule has 0 saturated heterocycles. The maximum absolute atomic E-state index is 12.0. The van der Waals surface area contributed by atoms with Crippen LogP contribution in [0.1, 0.15) is 122 Å². The Hall–Kier alpha value is -2.84. The molecule has 0 amide bonds. The summed E-state index contributed by atoms with van der Waals surface area (Å²) in [6.45, 7) is 16.2. The summed E-state index contributed by atoms with van der Waals surface area (Å²) in [5.41, 5.74) is 3.00. The normalized spacial score (nSPS) is 15.4. The van der Waals surface area contributed by atoms with Gasteiger partial charge in [-0.1, -0.05) is 115 Å². The van der Waals surface area contributed by atoms with Gasteiger partial charge >= 0.3 is 5.97 Å². The number of fused-ring (bicyclic) bond motifs is 1. The average Bonchev–Trinajstić information content (AvgIpc) is 3.31. The van der Waals surface area contributed by atoms with E-state index in [0.29, 0.717) is 24.0 Å². The second kappa shape index (κ2) is 16.9. The molecule has 0 bridgehead atoms. The average molecular weight is 589 g/mol. The van der Waals surface area contributed by atoms with Gasteiger partial charge in [-0.05, 0) is 56.4 Å². The molecular formula is C38H56N2O3. The Balaban J connectivity index is 1.70. The molecule has 2 heterocycles. The van der Waals surface area contributed by atoms with E-state index < -0.39 is 5.60 Å². The van der Waals surface area contributed by atoms with E-state index in [9.17, 15) is 4.79 Å². The minimum Gasteiger partial charge on any atom is -0.423 e. The van der Waals surface area contributed by atoms with E-state index in [4.69, 9.17) is 14.5 Å². The highest BCUT2D eigenvalue weighted by Gasteiger charge is 2.27. The summed E-state index contributed by atoms with van der Waals surface area (Å²) >= 11 is 0. The minimum absolute atomic E-state index is 0.360. The molecule has 1 aromatic heterocycles. The Morgan fingerprint density at radius 2 is 1.63 bits per heavy atom. The molecule has 43 heavy (non-hydrogen) atoms. The van der Waals surface area contributed by atoms with Crippen LogP contribution in [0, 0.1) is 36.5 Å². The van der Waals surface area contributed by atoms with Crippen molar-refractivity contribution in [2.75, 3.05) is 18.5 Å². The summed E-state index contributed by atoms with van der Waals surface area (Å²) in [5.74, 6) is 10.3. The first-order valence-electron chi connectivity index (χ1n) is 16.6. The molecule has 0 radical (unpaired) electrons. The van der Waals surface area contributed by atoms with Crippen LogP contribution in [0.25, 0.3) is 0 Å². The van der Waals surface area contributed by atoms with Crippen molar-refractivity contribution in [3.05, 3.63) is 52.7 Å². The van der Waals surface area contributed by atoms with Gasteiger partial charge in [0.05, 0.1) is 17.9 Å². The fourth-order valence-electron chi connectivity index (χ4n) is 5.99. The van der Waals surface area contributed by atoms with Crippen molar-refractivity contribution in [3.63, 3.8) is 0 Å². The lowest BCUT2D eigenvalue weighted by Crippen LogP contribution is -2.27. The Morgan fingerprint density at radius 1 is 1.00 bits per heavy atom. The number of carbonyl (C=O) groups is 1. The topological polar surface area (TPSA) is 51.7 Å². The maximum Gasteiger partial charge on any atom is 0.308 e. The van der Waals surface area contributed by atoms with Crippen molar-refractivity contribution < 1.29 is 14.3 Å². The predicted molar refractivity (Wildman–Crippen MR) is 178 cm³/mol. The van der Waals surface area contributed by atoms with Gasteiger partial charge in [-0.3, -0.25) is 4.79 Å². The van der Waals surface area contributed by atoms with Gasteiger partial charge in [0.2, 0.25) is 0 Å². The number of pyridine rings is 1. The number of hydrogen-bond acceptors (Lipinski definition) is 5. The van der Waals surface area contributed by atoms with E-state index in [1.807, 2.05) is 32.2 Å². The first-order chi connectivity index (χ1) is 20.5. The second-order valence-electron chi connectivity index (χ2n) is 13.6. The Bertz CT molecular complexity index is 1230. The zero-order chi connectivity index (χ0) is 31.4. The van der Waals surface area contributed by atoms with Crippen molar-refractivity contribution in [2.45, 2.75) is 125 Å². The van der Waals surface area contributed by atoms with Gasteiger partial charge in [0.1, 0.15) is 11.4 Å². The first-order valence-corrected chi connectivity index (χ1v) is 16.6. The van der Waals surface area contributed by atoms with Gasteiger partial charge in [-0.25, -0.2) is 4.98 Å². The van der Waals surface area contributed by atoms with E-state index >= 15 is 0 Å². The molecule has 0 spiro atoms. The third-order valence-corrected chi connectivity index (χ3v) is 8.78. The third-order valence-electron chi connectivity index (χ3n) is 8.78. The molecule has 3 rings (SSSR count). The number of hydrogen-bond donors (Lipinski definition) is 0. The van der Waals surface area contributed by atoms with Crippen LogP contribution >= 0.6 is 0 Å². The molecule has 0 aliphatic carbocycles. The minimum atomic E-state index is -0.636. The van der Waals surface area contributed by atoms with Crippen molar-refractivity contribution >= 4 is 11.8 Å². The molecule has 1 aromatic carbocycles. The second-order valence-corrected chi connectivity index (χ2v) is 13.6. The van der Waals surface area contributed by atoms with Crippen LogP contribution in [0.4, 0.5) is 5.82 Å². The molecule has 2 aromatic rings. The standard InChI is InChI=1S/C38H56N2O3/c1-28(2)15-12-16-29(3)17-13-18-30(4)19-14-24-38(7,42-27-33-20-10-9-11-21-33)25-22-34-35-23-26-40(8)37(35)39-31(5)36(34)43-32(6)41/h9-11,20-21,28-30H,12-19,23-24,26-27H2,1-8H3/t29-,30-,38-/m1/s1. The lowest BCUT2D eigenvalue weighted by molar-refractivity contribution is -0.131. The van der Waals surface area contributed by atoms with Crippen LogP contribution in [0.5, 0.6) is 5.75 Å². The van der Waals surface area contributed by atoms with Gasteiger partial charge < -0.3 is 14.4 Å². The van der Waals surface area contributed by atoms with E-state index in [1.165, 1.54) is 51.9 Å². The third kappa shape index (κ3) is 11.3. The highest BCUT2D eigenvalue weighted by molar-refractivity contribution is 5.73. The fourth-order valence-corrected chi connectivity index (χ4v) is 5.99. The zero-order valence-corrected chi connectivity index (χ0v) is 28.2. The number of esters is 1. The Labute approximate surface area is 262 Å². The Morgan fingerprint density at radius 3 is 2.26 bits per heavy atom. The molecule has 0 saturated carbocycles. The highest BCUT2D eigenvalue weighted by atomic mass is 16.5. The lowest BCUT2D eigenvalue weighted by atomic mass is 9.90. The van der Waals surface area contributed by atoms with Gasteiger partial charge in [-0.15, -0.1) is 0 Å². The number of ether oxygens (including phenoxy) is 2. The highest BCUT2D eigenvalue weighted by Crippen LogP contribution is 2.36. The predicted octanol–water partition coefficient (Wildman–Crippen LogP) is 9.07. The van der Waals surface area contributed by atoms with Crippen LogP contribution in [-0.2, 0) is 22.6 Å². The number of benzene rings is 1.